The molecule has 3 aromatic rings. The van der Waals surface area contributed by atoms with Gasteiger partial charge in [0.15, 0.2) is 11.4 Å². The van der Waals surface area contributed by atoms with Crippen molar-refractivity contribution >= 4 is 18.8 Å². The third-order valence-electron chi connectivity index (χ3n) is 5.41. The van der Waals surface area contributed by atoms with E-state index in [-0.39, 0.29) is 17.2 Å². The first-order valence-corrected chi connectivity index (χ1v) is 10.5. The number of ketones is 1. The predicted molar refractivity (Wildman–Crippen MR) is 122 cm³/mol. The van der Waals surface area contributed by atoms with E-state index in [9.17, 15) is 31.9 Å². The van der Waals surface area contributed by atoms with Gasteiger partial charge in [0.05, 0.1) is 12.1 Å². The van der Waals surface area contributed by atoms with Crippen LogP contribution in [0.3, 0.4) is 0 Å². The summed E-state index contributed by atoms with van der Waals surface area (Å²) in [5.41, 5.74) is -7.01. The van der Waals surface area contributed by atoms with Gasteiger partial charge in [-0.15, -0.1) is 5.10 Å². The molecule has 1 heterocycles. The Morgan fingerprint density at radius 2 is 1.66 bits per heavy atom. The number of rotatable bonds is 9. The highest BCUT2D eigenvalue weighted by Crippen LogP contribution is 2.46. The zero-order chi connectivity index (χ0) is 28.3. The van der Waals surface area contributed by atoms with Crippen LogP contribution in [0.1, 0.15) is 32.7 Å². The SMILES string of the molecule is C=N/N=C\N(N)CC(O)(c1ccc(F)cc1F)C(F)(F)c1ccc(C(=O)c2ccc(C(F)(F)F)cc2)cn1. The fraction of sp³-hybridized carbons (Fsp3) is 0.167. The Kier molecular flexibility index (Phi) is 7.98. The molecule has 0 radical (unpaired) electrons. The Balaban J connectivity index is 1.99. The molecule has 0 saturated carbocycles. The molecule has 14 heteroatoms. The molecule has 3 N–H and O–H groups in total. The minimum atomic E-state index is -4.62. The van der Waals surface area contributed by atoms with Crippen molar-refractivity contribution in [3.8, 4) is 0 Å². The summed E-state index contributed by atoms with van der Waals surface area (Å²) in [6.07, 6.45) is -3.19. The lowest BCUT2D eigenvalue weighted by atomic mass is 9.84. The first-order chi connectivity index (χ1) is 17.7. The molecule has 0 bridgehead atoms. The molecule has 2 aromatic carbocycles. The largest absolute Gasteiger partial charge is 0.416 e. The summed E-state index contributed by atoms with van der Waals surface area (Å²) in [6.45, 7) is 1.85. The third-order valence-corrected chi connectivity index (χ3v) is 5.41. The highest BCUT2D eigenvalue weighted by Gasteiger charge is 2.58. The molecule has 200 valence electrons. The number of benzene rings is 2. The van der Waals surface area contributed by atoms with Crippen LogP contribution >= 0.6 is 0 Å². The minimum absolute atomic E-state index is 0.168. The molecule has 0 amide bonds. The average Bonchev–Trinajstić information content (AvgIpc) is 2.86. The van der Waals surface area contributed by atoms with E-state index in [2.05, 4.69) is 21.9 Å². The van der Waals surface area contributed by atoms with E-state index in [4.69, 9.17) is 5.84 Å². The number of carbonyl (C=O) groups excluding carboxylic acids is 1. The highest BCUT2D eigenvalue weighted by molar-refractivity contribution is 6.08. The third kappa shape index (κ3) is 5.70. The second-order valence-electron chi connectivity index (χ2n) is 7.94. The quantitative estimate of drug-likeness (QED) is 0.104. The Hall–Kier alpha value is -4.17. The van der Waals surface area contributed by atoms with Crippen molar-refractivity contribution in [2.45, 2.75) is 17.7 Å². The van der Waals surface area contributed by atoms with Gasteiger partial charge < -0.3 is 5.11 Å². The smallest absolute Gasteiger partial charge is 0.377 e. The van der Waals surface area contributed by atoms with Gasteiger partial charge in [0.25, 0.3) is 0 Å². The number of halogens is 7. The van der Waals surface area contributed by atoms with Crippen LogP contribution < -0.4 is 5.84 Å². The molecule has 1 aromatic heterocycles. The predicted octanol–water partition coefficient (Wildman–Crippen LogP) is 4.41. The zero-order valence-corrected chi connectivity index (χ0v) is 19.1. The molecule has 7 nitrogen and oxygen atoms in total. The fourth-order valence-electron chi connectivity index (χ4n) is 3.49. The highest BCUT2D eigenvalue weighted by atomic mass is 19.4. The summed E-state index contributed by atoms with van der Waals surface area (Å²) >= 11 is 0. The molecule has 1 atom stereocenters. The van der Waals surface area contributed by atoms with Gasteiger partial charge in [0.2, 0.25) is 0 Å². The number of pyridine rings is 1. The molecular weight excluding hydrogens is 523 g/mol. The monoisotopic (exact) mass is 541 g/mol. The summed E-state index contributed by atoms with van der Waals surface area (Å²) in [6, 6.07) is 6.32. The number of hydrogen-bond acceptors (Lipinski definition) is 6. The van der Waals surface area contributed by atoms with Crippen LogP contribution in [0.2, 0.25) is 0 Å². The van der Waals surface area contributed by atoms with Crippen molar-refractivity contribution in [3.05, 3.63) is 100 Å². The van der Waals surface area contributed by atoms with Crippen molar-refractivity contribution in [3.63, 3.8) is 0 Å². The van der Waals surface area contributed by atoms with Crippen LogP contribution in [-0.2, 0) is 17.7 Å². The van der Waals surface area contributed by atoms with E-state index < -0.39 is 58.5 Å². The van der Waals surface area contributed by atoms with Crippen LogP contribution in [0.25, 0.3) is 0 Å². The van der Waals surface area contributed by atoms with Crippen molar-refractivity contribution in [2.75, 3.05) is 6.54 Å². The lowest BCUT2D eigenvalue weighted by molar-refractivity contribution is -0.203. The molecule has 38 heavy (non-hydrogen) atoms. The summed E-state index contributed by atoms with van der Waals surface area (Å²) in [5, 5.41) is 18.0. The lowest BCUT2D eigenvalue weighted by Gasteiger charge is -2.37. The molecule has 0 spiro atoms. The normalized spacial score (nSPS) is 13.8. The first-order valence-electron chi connectivity index (χ1n) is 10.5. The fourth-order valence-corrected chi connectivity index (χ4v) is 3.49. The number of alkyl halides is 5. The van der Waals surface area contributed by atoms with Crippen molar-refractivity contribution in [2.24, 2.45) is 16.0 Å². The van der Waals surface area contributed by atoms with Gasteiger partial charge in [0.1, 0.15) is 23.7 Å². The Morgan fingerprint density at radius 3 is 2.18 bits per heavy atom. The number of aromatic nitrogens is 1. The molecule has 1 unspecified atom stereocenters. The van der Waals surface area contributed by atoms with Crippen LogP contribution in [0.4, 0.5) is 30.7 Å². The van der Waals surface area contributed by atoms with E-state index in [1.165, 1.54) is 0 Å². The zero-order valence-electron chi connectivity index (χ0n) is 19.1. The summed E-state index contributed by atoms with van der Waals surface area (Å²) in [7, 11) is 0. The average molecular weight is 541 g/mol. The van der Waals surface area contributed by atoms with Crippen LogP contribution in [-0.4, -0.2) is 40.5 Å². The second-order valence-corrected chi connectivity index (χ2v) is 7.94. The first kappa shape index (κ1) is 28.4. The number of nitrogens with zero attached hydrogens (tertiary/aromatic N) is 4. The topological polar surface area (TPSA) is 104 Å². The van der Waals surface area contributed by atoms with E-state index in [0.717, 1.165) is 18.2 Å². The molecule has 0 aliphatic carbocycles. The molecule has 0 fully saturated rings. The summed E-state index contributed by atoms with van der Waals surface area (Å²) in [4.78, 5) is 16.1. The van der Waals surface area contributed by atoms with Gasteiger partial charge in [-0.2, -0.15) is 27.1 Å². The summed E-state index contributed by atoms with van der Waals surface area (Å²) < 4.78 is 97.7. The van der Waals surface area contributed by atoms with Gasteiger partial charge in [0, 0.05) is 35.7 Å². The maximum atomic E-state index is 15.7. The maximum absolute atomic E-state index is 15.7. The van der Waals surface area contributed by atoms with E-state index in [0.29, 0.717) is 47.9 Å². The van der Waals surface area contributed by atoms with Crippen molar-refractivity contribution in [1.29, 1.82) is 0 Å². The van der Waals surface area contributed by atoms with E-state index in [1.807, 2.05) is 0 Å². The molecule has 3 rings (SSSR count). The Bertz CT molecular complexity index is 1350. The van der Waals surface area contributed by atoms with Gasteiger partial charge in [-0.25, -0.2) is 14.6 Å². The number of hydrazine groups is 1. The molecular formula is C24H18F7N5O2. The minimum Gasteiger partial charge on any atom is -0.377 e. The number of hydrogen-bond donors (Lipinski definition) is 2. The van der Waals surface area contributed by atoms with Gasteiger partial charge >= 0.3 is 12.1 Å². The van der Waals surface area contributed by atoms with Gasteiger partial charge in [-0.3, -0.25) is 14.8 Å². The Morgan fingerprint density at radius 1 is 1.03 bits per heavy atom. The number of carbonyl (C=O) groups is 1. The van der Waals surface area contributed by atoms with Crippen molar-refractivity contribution in [1.82, 2.24) is 9.99 Å². The second kappa shape index (κ2) is 10.7. The molecule has 0 saturated heterocycles. The maximum Gasteiger partial charge on any atom is 0.416 e. The van der Waals surface area contributed by atoms with Crippen molar-refractivity contribution < 1.29 is 40.6 Å². The standard InChI is InChI=1S/C24H18F7N5O2/c1-33-35-13-36(32)12-22(38,18-8-7-17(25)10-19(18)26)23(27,28)20-9-4-15(11-34-20)21(37)14-2-5-16(6-3-14)24(29,30)31/h2-11,13,38H,1,12,32H2/b35-13-. The van der Waals surface area contributed by atoms with Gasteiger partial charge in [-0.05, 0) is 36.4 Å². The summed E-state index contributed by atoms with van der Waals surface area (Å²) in [5.74, 6) is -2.24. The van der Waals surface area contributed by atoms with E-state index in [1.54, 1.807) is 0 Å². The molecule has 0 aliphatic heterocycles. The van der Waals surface area contributed by atoms with Crippen LogP contribution in [0.5, 0.6) is 0 Å². The van der Waals surface area contributed by atoms with E-state index >= 15 is 8.78 Å². The van der Waals surface area contributed by atoms with Crippen LogP contribution in [0, 0.1) is 11.6 Å². The molecule has 0 aliphatic rings. The Labute approximate surface area is 210 Å². The number of aliphatic hydroxyl groups is 1. The lowest BCUT2D eigenvalue weighted by Crippen LogP contribution is -2.53. The van der Waals surface area contributed by atoms with Crippen LogP contribution in [0.15, 0.2) is 71.0 Å². The van der Waals surface area contributed by atoms with Gasteiger partial charge in [-0.1, -0.05) is 12.1 Å². The number of nitrogens with two attached hydrogens (primary N) is 1.